The number of pyridine rings is 2. The Balaban J connectivity index is 1.45. The molecule has 2 aromatic heterocycles. The number of hydrogen-bond donors (Lipinski definition) is 1. The summed E-state index contributed by atoms with van der Waals surface area (Å²) in [5, 5.41) is 4.05. The van der Waals surface area contributed by atoms with Crippen molar-refractivity contribution in [3.8, 4) is 0 Å². The third-order valence-corrected chi connectivity index (χ3v) is 5.90. The average Bonchev–Trinajstić information content (AvgIpc) is 3.30. The summed E-state index contributed by atoms with van der Waals surface area (Å²) in [6.07, 6.45) is 4.36. The Hall–Kier alpha value is -3.73. The van der Waals surface area contributed by atoms with Crippen LogP contribution in [0.3, 0.4) is 0 Å². The van der Waals surface area contributed by atoms with Crippen molar-refractivity contribution in [1.29, 1.82) is 0 Å². The Morgan fingerprint density at radius 3 is 2.74 bits per heavy atom. The number of aryl methyl sites for hydroxylation is 1. The largest absolute Gasteiger partial charge is 0.370 e. The van der Waals surface area contributed by atoms with Gasteiger partial charge in [0.2, 0.25) is 0 Å². The van der Waals surface area contributed by atoms with Crippen molar-refractivity contribution in [2.45, 2.75) is 19.3 Å². The fourth-order valence-corrected chi connectivity index (χ4v) is 4.35. The highest BCUT2D eigenvalue weighted by molar-refractivity contribution is 6.05. The lowest BCUT2D eigenvalue weighted by Gasteiger charge is -2.22. The first-order valence-electron chi connectivity index (χ1n) is 10.6. The van der Waals surface area contributed by atoms with Crippen LogP contribution in [0.2, 0.25) is 0 Å². The summed E-state index contributed by atoms with van der Waals surface area (Å²) in [6.45, 7) is 4.02. The number of fused-ring (bicyclic) bond motifs is 1. The normalized spacial score (nSPS) is 15.9. The molecule has 1 aliphatic rings. The Kier molecular flexibility index (Phi) is 5.08. The number of rotatable bonds is 4. The summed E-state index contributed by atoms with van der Waals surface area (Å²) < 4.78 is 0. The second-order valence-corrected chi connectivity index (χ2v) is 8.05. The number of hydrogen-bond acceptors (Lipinski definition) is 4. The van der Waals surface area contributed by atoms with E-state index < -0.39 is 0 Å². The monoisotopic (exact) mass is 408 g/mol. The van der Waals surface area contributed by atoms with Crippen molar-refractivity contribution in [3.63, 3.8) is 0 Å². The highest BCUT2D eigenvalue weighted by Gasteiger charge is 2.25. The van der Waals surface area contributed by atoms with E-state index in [9.17, 15) is 4.79 Å². The fourth-order valence-electron chi connectivity index (χ4n) is 4.35. The van der Waals surface area contributed by atoms with E-state index in [0.717, 1.165) is 41.8 Å². The van der Waals surface area contributed by atoms with Crippen LogP contribution < -0.4 is 10.2 Å². The third kappa shape index (κ3) is 3.99. The number of amides is 1. The van der Waals surface area contributed by atoms with Gasteiger partial charge in [0.15, 0.2) is 0 Å². The molecule has 1 N–H and O–H groups in total. The molecule has 0 aliphatic carbocycles. The molecular weight excluding hydrogens is 384 g/mol. The van der Waals surface area contributed by atoms with Crippen LogP contribution in [0.15, 0.2) is 79.1 Å². The van der Waals surface area contributed by atoms with Gasteiger partial charge in [0, 0.05) is 53.9 Å². The van der Waals surface area contributed by atoms with Crippen LogP contribution in [0, 0.1) is 6.92 Å². The van der Waals surface area contributed by atoms with Gasteiger partial charge in [-0.25, -0.2) is 0 Å². The van der Waals surface area contributed by atoms with Crippen molar-refractivity contribution in [2.24, 2.45) is 0 Å². The molecule has 31 heavy (non-hydrogen) atoms. The summed E-state index contributed by atoms with van der Waals surface area (Å²) in [7, 11) is 0. The van der Waals surface area contributed by atoms with Gasteiger partial charge in [-0.2, -0.15) is 0 Å². The summed E-state index contributed by atoms with van der Waals surface area (Å²) in [4.78, 5) is 23.8. The minimum atomic E-state index is -0.167. The molecule has 1 aliphatic heterocycles. The van der Waals surface area contributed by atoms with E-state index in [1.807, 2.05) is 25.1 Å². The van der Waals surface area contributed by atoms with Crippen LogP contribution in [0.4, 0.5) is 11.4 Å². The van der Waals surface area contributed by atoms with Gasteiger partial charge in [0.25, 0.3) is 5.91 Å². The van der Waals surface area contributed by atoms with Gasteiger partial charge in [-0.3, -0.25) is 14.8 Å². The Bertz CT molecular complexity index is 1220. The van der Waals surface area contributed by atoms with Crippen LogP contribution in [0.25, 0.3) is 10.9 Å². The number of benzene rings is 2. The van der Waals surface area contributed by atoms with Crippen molar-refractivity contribution >= 4 is 28.2 Å². The average molecular weight is 409 g/mol. The number of nitrogens with one attached hydrogen (secondary N) is 1. The molecule has 1 atom stereocenters. The van der Waals surface area contributed by atoms with E-state index in [0.29, 0.717) is 11.5 Å². The number of anilines is 2. The predicted octanol–water partition coefficient (Wildman–Crippen LogP) is 5.18. The first-order chi connectivity index (χ1) is 15.2. The lowest BCUT2D eigenvalue weighted by molar-refractivity contribution is 0.102. The van der Waals surface area contributed by atoms with E-state index in [1.54, 1.807) is 24.5 Å². The molecule has 5 rings (SSSR count). The highest BCUT2D eigenvalue weighted by Crippen LogP contribution is 2.35. The quantitative estimate of drug-likeness (QED) is 0.505. The zero-order valence-corrected chi connectivity index (χ0v) is 17.5. The molecular formula is C26H24N4O. The molecule has 5 heteroatoms. The zero-order valence-electron chi connectivity index (χ0n) is 17.5. The van der Waals surface area contributed by atoms with Gasteiger partial charge in [-0.15, -0.1) is 0 Å². The number of nitrogens with zero attached hydrogens (tertiary/aromatic N) is 3. The van der Waals surface area contributed by atoms with Gasteiger partial charge in [-0.1, -0.05) is 30.3 Å². The summed E-state index contributed by atoms with van der Waals surface area (Å²) in [6, 6.07) is 22.3. The first kappa shape index (κ1) is 19.2. The summed E-state index contributed by atoms with van der Waals surface area (Å²) in [5.41, 5.74) is 5.81. The fraction of sp³-hybridized carbons (Fsp3) is 0.192. The molecule has 1 saturated heterocycles. The molecule has 5 nitrogen and oxygen atoms in total. The standard InChI is InChI=1S/C26H24N4O/c1-18-14-25(30-13-11-21(17-30)19-6-3-2-4-7-19)23-15-22(9-10-24(23)28-18)29-26(31)20-8-5-12-27-16-20/h2-10,12,14-16,21H,11,13,17H2,1H3,(H,29,31). The molecule has 1 amide bonds. The minimum absolute atomic E-state index is 0.167. The Morgan fingerprint density at radius 2 is 1.94 bits per heavy atom. The van der Waals surface area contributed by atoms with E-state index in [1.165, 1.54) is 11.3 Å². The summed E-state index contributed by atoms with van der Waals surface area (Å²) in [5.74, 6) is 0.359. The van der Waals surface area contributed by atoms with Crippen LogP contribution in [0.1, 0.15) is 34.0 Å². The predicted molar refractivity (Wildman–Crippen MR) is 125 cm³/mol. The molecule has 0 spiro atoms. The Labute approximate surface area is 181 Å². The van der Waals surface area contributed by atoms with Crippen molar-refractivity contribution in [2.75, 3.05) is 23.3 Å². The van der Waals surface area contributed by atoms with Crippen molar-refractivity contribution in [1.82, 2.24) is 9.97 Å². The van der Waals surface area contributed by atoms with Gasteiger partial charge in [0.1, 0.15) is 0 Å². The molecule has 1 fully saturated rings. The second kappa shape index (κ2) is 8.19. The van der Waals surface area contributed by atoms with E-state index in [-0.39, 0.29) is 5.91 Å². The topological polar surface area (TPSA) is 58.1 Å². The molecule has 154 valence electrons. The molecule has 0 saturated carbocycles. The maximum atomic E-state index is 12.6. The van der Waals surface area contributed by atoms with Gasteiger partial charge >= 0.3 is 0 Å². The molecule has 3 heterocycles. The third-order valence-electron chi connectivity index (χ3n) is 5.90. The lowest BCUT2D eigenvalue weighted by Crippen LogP contribution is -2.20. The van der Waals surface area contributed by atoms with E-state index >= 15 is 0 Å². The maximum absolute atomic E-state index is 12.6. The smallest absolute Gasteiger partial charge is 0.257 e. The molecule has 1 unspecified atom stereocenters. The van der Waals surface area contributed by atoms with Crippen LogP contribution >= 0.6 is 0 Å². The molecule has 4 aromatic rings. The lowest BCUT2D eigenvalue weighted by atomic mass is 9.99. The minimum Gasteiger partial charge on any atom is -0.370 e. The maximum Gasteiger partial charge on any atom is 0.257 e. The van der Waals surface area contributed by atoms with Crippen LogP contribution in [-0.4, -0.2) is 29.0 Å². The van der Waals surface area contributed by atoms with Crippen LogP contribution in [0.5, 0.6) is 0 Å². The van der Waals surface area contributed by atoms with Gasteiger partial charge in [0.05, 0.1) is 11.1 Å². The van der Waals surface area contributed by atoms with Gasteiger partial charge < -0.3 is 10.2 Å². The number of carbonyl (C=O) groups is 1. The zero-order chi connectivity index (χ0) is 21.2. The van der Waals surface area contributed by atoms with Crippen molar-refractivity contribution < 1.29 is 4.79 Å². The van der Waals surface area contributed by atoms with Gasteiger partial charge in [-0.05, 0) is 55.3 Å². The first-order valence-corrected chi connectivity index (χ1v) is 10.6. The van der Waals surface area contributed by atoms with Crippen molar-refractivity contribution in [3.05, 3.63) is 95.9 Å². The SMILES string of the molecule is Cc1cc(N2CCC(c3ccccc3)C2)c2cc(NC(=O)c3cccnc3)ccc2n1. The number of carbonyl (C=O) groups excluding carboxylic acids is 1. The molecule has 0 bridgehead atoms. The molecule has 2 aromatic carbocycles. The number of aromatic nitrogens is 2. The van der Waals surface area contributed by atoms with E-state index in [2.05, 4.69) is 51.6 Å². The van der Waals surface area contributed by atoms with Crippen LogP contribution in [-0.2, 0) is 0 Å². The molecule has 0 radical (unpaired) electrons. The second-order valence-electron chi connectivity index (χ2n) is 8.05. The summed E-state index contributed by atoms with van der Waals surface area (Å²) >= 11 is 0. The van der Waals surface area contributed by atoms with E-state index in [4.69, 9.17) is 4.98 Å². The highest BCUT2D eigenvalue weighted by atomic mass is 16.1. The Morgan fingerprint density at radius 1 is 1.06 bits per heavy atom.